The minimum absolute atomic E-state index is 0.559. The third-order valence-electron chi connectivity index (χ3n) is 2.73. The van der Waals surface area contributed by atoms with E-state index in [9.17, 15) is 4.79 Å². The van der Waals surface area contributed by atoms with Crippen molar-refractivity contribution in [2.45, 2.75) is 51.7 Å². The summed E-state index contributed by atoms with van der Waals surface area (Å²) >= 11 is 0. The SMILES string of the molecule is CCCCCCCC(C(=O)O)C(OC)OC. The topological polar surface area (TPSA) is 55.8 Å². The van der Waals surface area contributed by atoms with Crippen molar-refractivity contribution in [2.24, 2.45) is 5.92 Å². The summed E-state index contributed by atoms with van der Waals surface area (Å²) in [6.07, 6.45) is 5.57. The Hall–Kier alpha value is -0.610. The van der Waals surface area contributed by atoms with Crippen LogP contribution in [0.3, 0.4) is 0 Å². The average Bonchev–Trinajstić information content (AvgIpc) is 2.27. The lowest BCUT2D eigenvalue weighted by molar-refractivity contribution is -0.172. The van der Waals surface area contributed by atoms with Crippen molar-refractivity contribution >= 4 is 5.97 Å². The van der Waals surface area contributed by atoms with Crippen LogP contribution in [0.2, 0.25) is 0 Å². The van der Waals surface area contributed by atoms with Gasteiger partial charge in [-0.2, -0.15) is 0 Å². The number of hydrogen-bond acceptors (Lipinski definition) is 3. The van der Waals surface area contributed by atoms with Crippen molar-refractivity contribution in [1.82, 2.24) is 0 Å². The van der Waals surface area contributed by atoms with Crippen LogP contribution in [0, 0.1) is 5.92 Å². The highest BCUT2D eigenvalue weighted by molar-refractivity contribution is 5.70. The molecule has 4 nitrogen and oxygen atoms in total. The minimum atomic E-state index is -0.843. The molecule has 0 saturated heterocycles. The van der Waals surface area contributed by atoms with Crippen LogP contribution in [0.4, 0.5) is 0 Å². The monoisotopic (exact) mass is 232 g/mol. The molecule has 0 radical (unpaired) electrons. The number of carbonyl (C=O) groups is 1. The number of carboxylic acids is 1. The van der Waals surface area contributed by atoms with Crippen LogP contribution in [0.25, 0.3) is 0 Å². The first kappa shape index (κ1) is 15.4. The smallest absolute Gasteiger partial charge is 0.311 e. The molecule has 0 bridgehead atoms. The second-order valence-electron chi connectivity index (χ2n) is 3.99. The van der Waals surface area contributed by atoms with Gasteiger partial charge in [0.05, 0.1) is 0 Å². The summed E-state index contributed by atoms with van der Waals surface area (Å²) in [6, 6.07) is 0. The number of carboxylic acid groups (broad SMARTS) is 1. The molecule has 96 valence electrons. The Morgan fingerprint density at radius 3 is 2.12 bits per heavy atom. The third kappa shape index (κ3) is 6.08. The highest BCUT2D eigenvalue weighted by Crippen LogP contribution is 2.18. The predicted octanol–water partition coefficient (Wildman–Crippen LogP) is 2.67. The highest BCUT2D eigenvalue weighted by Gasteiger charge is 2.27. The maximum atomic E-state index is 11.0. The number of rotatable bonds is 10. The van der Waals surface area contributed by atoms with Crippen LogP contribution >= 0.6 is 0 Å². The van der Waals surface area contributed by atoms with Gasteiger partial charge in [-0.3, -0.25) is 4.79 Å². The fourth-order valence-corrected chi connectivity index (χ4v) is 1.77. The lowest BCUT2D eigenvalue weighted by Crippen LogP contribution is -2.31. The molecule has 0 fully saturated rings. The van der Waals surface area contributed by atoms with Crippen LogP contribution in [-0.4, -0.2) is 31.6 Å². The summed E-state index contributed by atoms with van der Waals surface area (Å²) in [4.78, 5) is 11.0. The molecular weight excluding hydrogens is 208 g/mol. The molecule has 0 aromatic rings. The van der Waals surface area contributed by atoms with E-state index in [0.29, 0.717) is 6.42 Å². The van der Waals surface area contributed by atoms with Crippen molar-refractivity contribution in [3.05, 3.63) is 0 Å². The van der Waals surface area contributed by atoms with Gasteiger partial charge >= 0.3 is 5.97 Å². The van der Waals surface area contributed by atoms with Gasteiger partial charge in [-0.1, -0.05) is 39.0 Å². The molecule has 0 saturated carbocycles. The van der Waals surface area contributed by atoms with Crippen molar-refractivity contribution in [1.29, 1.82) is 0 Å². The quantitative estimate of drug-likeness (QED) is 0.465. The van der Waals surface area contributed by atoms with Gasteiger partial charge in [0.15, 0.2) is 6.29 Å². The van der Waals surface area contributed by atoms with Gasteiger partial charge in [-0.25, -0.2) is 0 Å². The normalized spacial score (nSPS) is 13.0. The molecule has 4 heteroatoms. The number of aliphatic carboxylic acids is 1. The van der Waals surface area contributed by atoms with Gasteiger partial charge in [0.25, 0.3) is 0 Å². The summed E-state index contributed by atoms with van der Waals surface area (Å²) in [6.45, 7) is 2.16. The molecule has 0 rings (SSSR count). The minimum Gasteiger partial charge on any atom is -0.481 e. The standard InChI is InChI=1S/C12H24O4/c1-4-5-6-7-8-9-10(11(13)14)12(15-2)16-3/h10,12H,4-9H2,1-3H3,(H,13,14). The summed E-state index contributed by atoms with van der Waals surface area (Å²) in [5, 5.41) is 9.05. The van der Waals surface area contributed by atoms with Crippen LogP contribution in [0.1, 0.15) is 45.4 Å². The van der Waals surface area contributed by atoms with Gasteiger partial charge in [0, 0.05) is 14.2 Å². The fourth-order valence-electron chi connectivity index (χ4n) is 1.77. The first-order valence-electron chi connectivity index (χ1n) is 5.95. The van der Waals surface area contributed by atoms with E-state index in [4.69, 9.17) is 14.6 Å². The molecule has 0 aliphatic rings. The van der Waals surface area contributed by atoms with E-state index in [1.165, 1.54) is 33.5 Å². The molecule has 0 heterocycles. The maximum Gasteiger partial charge on any atom is 0.311 e. The van der Waals surface area contributed by atoms with Crippen LogP contribution in [0.5, 0.6) is 0 Å². The molecule has 0 amide bonds. The summed E-state index contributed by atoms with van der Waals surface area (Å²) in [7, 11) is 2.95. The fraction of sp³-hybridized carbons (Fsp3) is 0.917. The predicted molar refractivity (Wildman–Crippen MR) is 62.3 cm³/mol. The van der Waals surface area contributed by atoms with Crippen LogP contribution in [-0.2, 0) is 14.3 Å². The van der Waals surface area contributed by atoms with E-state index in [1.807, 2.05) is 0 Å². The van der Waals surface area contributed by atoms with Gasteiger partial charge < -0.3 is 14.6 Å². The molecule has 16 heavy (non-hydrogen) atoms. The molecular formula is C12H24O4. The third-order valence-corrected chi connectivity index (χ3v) is 2.73. The first-order chi connectivity index (χ1) is 7.67. The summed E-state index contributed by atoms with van der Waals surface area (Å²) < 4.78 is 10.00. The van der Waals surface area contributed by atoms with Crippen molar-refractivity contribution < 1.29 is 19.4 Å². The van der Waals surface area contributed by atoms with Crippen LogP contribution in [0.15, 0.2) is 0 Å². The van der Waals surface area contributed by atoms with E-state index in [-0.39, 0.29) is 0 Å². The van der Waals surface area contributed by atoms with Gasteiger partial charge in [-0.15, -0.1) is 0 Å². The number of unbranched alkanes of at least 4 members (excludes halogenated alkanes) is 4. The molecule has 0 aromatic heterocycles. The molecule has 1 N–H and O–H groups in total. The molecule has 0 spiro atoms. The second kappa shape index (κ2) is 9.60. The Morgan fingerprint density at radius 1 is 1.12 bits per heavy atom. The Kier molecular flexibility index (Phi) is 9.24. The first-order valence-corrected chi connectivity index (χ1v) is 5.95. The lowest BCUT2D eigenvalue weighted by Gasteiger charge is -2.20. The zero-order valence-corrected chi connectivity index (χ0v) is 10.6. The molecule has 0 aliphatic carbocycles. The average molecular weight is 232 g/mol. The Morgan fingerprint density at radius 2 is 1.69 bits per heavy atom. The number of hydrogen-bond donors (Lipinski definition) is 1. The second-order valence-corrected chi connectivity index (χ2v) is 3.99. The van der Waals surface area contributed by atoms with E-state index in [0.717, 1.165) is 12.8 Å². The van der Waals surface area contributed by atoms with Crippen molar-refractivity contribution in [2.75, 3.05) is 14.2 Å². The summed E-state index contributed by atoms with van der Waals surface area (Å²) in [5.41, 5.74) is 0. The van der Waals surface area contributed by atoms with Crippen LogP contribution < -0.4 is 0 Å². The van der Waals surface area contributed by atoms with Crippen molar-refractivity contribution in [3.8, 4) is 0 Å². The van der Waals surface area contributed by atoms with Gasteiger partial charge in [0.2, 0.25) is 0 Å². The zero-order valence-electron chi connectivity index (χ0n) is 10.6. The Balaban J connectivity index is 3.89. The number of methoxy groups -OCH3 is 2. The lowest BCUT2D eigenvalue weighted by atomic mass is 10.00. The maximum absolute atomic E-state index is 11.0. The molecule has 0 aliphatic heterocycles. The van der Waals surface area contributed by atoms with Gasteiger partial charge in [0.1, 0.15) is 5.92 Å². The Bertz CT molecular complexity index is 178. The molecule has 1 atom stereocenters. The van der Waals surface area contributed by atoms with E-state index in [1.54, 1.807) is 0 Å². The zero-order chi connectivity index (χ0) is 12.4. The molecule has 0 aromatic carbocycles. The van der Waals surface area contributed by atoms with E-state index < -0.39 is 18.2 Å². The largest absolute Gasteiger partial charge is 0.481 e. The number of ether oxygens (including phenoxy) is 2. The highest BCUT2D eigenvalue weighted by atomic mass is 16.7. The van der Waals surface area contributed by atoms with E-state index >= 15 is 0 Å². The van der Waals surface area contributed by atoms with Gasteiger partial charge in [-0.05, 0) is 6.42 Å². The summed E-state index contributed by atoms with van der Waals surface area (Å²) in [5.74, 6) is -1.40. The van der Waals surface area contributed by atoms with E-state index in [2.05, 4.69) is 6.92 Å². The van der Waals surface area contributed by atoms with Crippen molar-refractivity contribution in [3.63, 3.8) is 0 Å². The molecule has 1 unspecified atom stereocenters. The Labute approximate surface area is 97.9 Å².